The Bertz CT molecular complexity index is 712. The summed E-state index contributed by atoms with van der Waals surface area (Å²) in [5.74, 6) is 1.08. The van der Waals surface area contributed by atoms with E-state index in [2.05, 4.69) is 22.6 Å². The van der Waals surface area contributed by atoms with Gasteiger partial charge >= 0.3 is 5.97 Å². The minimum Gasteiger partial charge on any atom is -0.465 e. The first-order chi connectivity index (χ1) is 11.4. The Labute approximate surface area is 156 Å². The maximum absolute atomic E-state index is 12.2. The van der Waals surface area contributed by atoms with Crippen LogP contribution in [0.4, 0.5) is 0 Å². The number of benzene rings is 2. The lowest BCUT2D eigenvalue weighted by Gasteiger charge is -2.18. The van der Waals surface area contributed by atoms with Gasteiger partial charge in [0.15, 0.2) is 6.29 Å². The molecule has 2 unspecified atom stereocenters. The van der Waals surface area contributed by atoms with Gasteiger partial charge in [0.2, 0.25) is 0 Å². The summed E-state index contributed by atoms with van der Waals surface area (Å²) in [6.07, 6.45) is 0.432. The van der Waals surface area contributed by atoms with Gasteiger partial charge in [-0.2, -0.15) is 0 Å². The number of alkyl halides is 1. The normalized spacial score (nSPS) is 14.9. The molecule has 0 aromatic heterocycles. The molecule has 24 heavy (non-hydrogen) atoms. The lowest BCUT2D eigenvalue weighted by atomic mass is 10.1. The highest BCUT2D eigenvalue weighted by Gasteiger charge is 2.29. The zero-order valence-corrected chi connectivity index (χ0v) is 16.6. The van der Waals surface area contributed by atoms with Crippen molar-refractivity contribution < 1.29 is 19.0 Å². The Hall–Kier alpha value is -1.34. The lowest BCUT2D eigenvalue weighted by molar-refractivity contribution is -0.136. The second-order valence-electron chi connectivity index (χ2n) is 5.75. The fraction of sp³-hybridized carbons (Fsp3) is 0.421. The summed E-state index contributed by atoms with van der Waals surface area (Å²) in [6.45, 7) is 8.25. The molecule has 0 saturated carbocycles. The molecule has 5 heteroatoms. The van der Waals surface area contributed by atoms with Gasteiger partial charge in [-0.15, -0.1) is 0 Å². The van der Waals surface area contributed by atoms with E-state index in [0.717, 1.165) is 22.9 Å². The van der Waals surface area contributed by atoms with E-state index in [1.54, 1.807) is 6.07 Å². The molecule has 2 aromatic rings. The monoisotopic (exact) mass is 442 g/mol. The van der Waals surface area contributed by atoms with E-state index in [4.69, 9.17) is 14.2 Å². The molecule has 4 nitrogen and oxygen atoms in total. The molecule has 0 saturated heterocycles. The van der Waals surface area contributed by atoms with Crippen molar-refractivity contribution in [2.24, 2.45) is 0 Å². The van der Waals surface area contributed by atoms with E-state index in [9.17, 15) is 4.79 Å². The maximum Gasteiger partial charge on any atom is 0.327 e. The SMILES string of the molecule is CCOC(C)Oc1ccc2cc(OC(=O)C(C)(I)CC)ccc2c1. The van der Waals surface area contributed by atoms with Crippen molar-refractivity contribution in [2.45, 2.75) is 43.8 Å². The van der Waals surface area contributed by atoms with Crippen LogP contribution in [0.5, 0.6) is 11.5 Å². The number of carbonyl (C=O) groups is 1. The summed E-state index contributed by atoms with van der Waals surface area (Å²) in [6, 6.07) is 11.4. The van der Waals surface area contributed by atoms with Gasteiger partial charge in [0.25, 0.3) is 0 Å². The molecular formula is C19H23IO4. The molecular weight excluding hydrogens is 419 g/mol. The van der Waals surface area contributed by atoms with Crippen molar-refractivity contribution in [3.8, 4) is 11.5 Å². The molecule has 0 spiro atoms. The number of hydrogen-bond acceptors (Lipinski definition) is 4. The third-order valence-electron chi connectivity index (χ3n) is 3.79. The summed E-state index contributed by atoms with van der Waals surface area (Å²) in [5, 5.41) is 2.01. The molecule has 0 aliphatic heterocycles. The average Bonchev–Trinajstić information content (AvgIpc) is 2.55. The summed E-state index contributed by atoms with van der Waals surface area (Å²) in [5.41, 5.74) is 0. The smallest absolute Gasteiger partial charge is 0.327 e. The minimum absolute atomic E-state index is 0.226. The lowest BCUT2D eigenvalue weighted by Crippen LogP contribution is -2.31. The third kappa shape index (κ3) is 4.83. The second kappa shape index (κ2) is 8.16. The highest BCUT2D eigenvalue weighted by molar-refractivity contribution is 14.1. The first-order valence-corrected chi connectivity index (χ1v) is 9.17. The van der Waals surface area contributed by atoms with Crippen LogP contribution >= 0.6 is 22.6 Å². The fourth-order valence-corrected chi connectivity index (χ4v) is 2.27. The van der Waals surface area contributed by atoms with Crippen LogP contribution in [0.2, 0.25) is 0 Å². The first kappa shape index (κ1) is 19.0. The Morgan fingerprint density at radius 2 is 1.71 bits per heavy atom. The summed E-state index contributed by atoms with van der Waals surface area (Å²) in [7, 11) is 0. The Balaban J connectivity index is 2.16. The molecule has 0 N–H and O–H groups in total. The molecule has 0 aliphatic rings. The van der Waals surface area contributed by atoms with Gasteiger partial charge in [-0.3, -0.25) is 4.79 Å². The molecule has 2 rings (SSSR count). The van der Waals surface area contributed by atoms with E-state index in [0.29, 0.717) is 12.4 Å². The zero-order valence-electron chi connectivity index (χ0n) is 14.5. The van der Waals surface area contributed by atoms with Gasteiger partial charge in [-0.05, 0) is 62.2 Å². The predicted molar refractivity (Wildman–Crippen MR) is 104 cm³/mol. The number of rotatable bonds is 7. The van der Waals surface area contributed by atoms with E-state index in [1.165, 1.54) is 0 Å². The number of ether oxygens (including phenoxy) is 3. The van der Waals surface area contributed by atoms with Crippen LogP contribution < -0.4 is 9.47 Å². The van der Waals surface area contributed by atoms with Crippen LogP contribution in [0.15, 0.2) is 36.4 Å². The fourth-order valence-electron chi connectivity index (χ4n) is 2.16. The number of fused-ring (bicyclic) bond motifs is 1. The van der Waals surface area contributed by atoms with Crippen LogP contribution in [0.3, 0.4) is 0 Å². The molecule has 0 fully saturated rings. The number of esters is 1. The minimum atomic E-state index is -0.514. The summed E-state index contributed by atoms with van der Waals surface area (Å²) in [4.78, 5) is 12.2. The maximum atomic E-state index is 12.2. The Morgan fingerprint density at radius 3 is 2.29 bits per heavy atom. The Morgan fingerprint density at radius 1 is 1.12 bits per heavy atom. The van der Waals surface area contributed by atoms with Gasteiger partial charge in [0, 0.05) is 6.61 Å². The van der Waals surface area contributed by atoms with E-state index in [-0.39, 0.29) is 12.3 Å². The van der Waals surface area contributed by atoms with Gasteiger partial charge in [0.05, 0.1) is 0 Å². The van der Waals surface area contributed by atoms with Crippen LogP contribution in [0.1, 0.15) is 34.1 Å². The van der Waals surface area contributed by atoms with Gasteiger partial charge in [0.1, 0.15) is 14.9 Å². The summed E-state index contributed by atoms with van der Waals surface area (Å²) < 4.78 is 16.1. The number of halogens is 1. The van der Waals surface area contributed by atoms with Crippen LogP contribution in [-0.4, -0.2) is 22.3 Å². The van der Waals surface area contributed by atoms with Crippen molar-refractivity contribution in [2.75, 3.05) is 6.61 Å². The molecule has 0 aliphatic carbocycles. The molecule has 0 radical (unpaired) electrons. The zero-order chi connectivity index (χ0) is 17.7. The van der Waals surface area contributed by atoms with Crippen molar-refractivity contribution >= 4 is 39.3 Å². The van der Waals surface area contributed by atoms with Gasteiger partial charge in [-0.1, -0.05) is 41.6 Å². The van der Waals surface area contributed by atoms with Crippen LogP contribution in [0.25, 0.3) is 10.8 Å². The molecule has 130 valence electrons. The average molecular weight is 442 g/mol. The van der Waals surface area contributed by atoms with Crippen molar-refractivity contribution in [1.82, 2.24) is 0 Å². The highest BCUT2D eigenvalue weighted by atomic mass is 127. The van der Waals surface area contributed by atoms with E-state index < -0.39 is 3.42 Å². The highest BCUT2D eigenvalue weighted by Crippen LogP contribution is 2.28. The van der Waals surface area contributed by atoms with Crippen molar-refractivity contribution in [1.29, 1.82) is 0 Å². The van der Waals surface area contributed by atoms with Gasteiger partial charge in [-0.25, -0.2) is 0 Å². The molecule has 0 heterocycles. The second-order valence-corrected chi connectivity index (χ2v) is 8.13. The number of carbonyl (C=O) groups excluding carboxylic acids is 1. The quantitative estimate of drug-likeness (QED) is 0.197. The first-order valence-electron chi connectivity index (χ1n) is 8.09. The predicted octanol–water partition coefficient (Wildman–Crippen LogP) is 5.11. The standard InChI is InChI=1S/C19H23IO4/c1-5-19(4,20)18(21)24-17-10-8-14-11-16(9-7-15(14)12-17)23-13(3)22-6-2/h7-13H,5-6H2,1-4H3. The van der Waals surface area contributed by atoms with Gasteiger partial charge < -0.3 is 14.2 Å². The van der Waals surface area contributed by atoms with Crippen molar-refractivity contribution in [3.05, 3.63) is 36.4 Å². The molecule has 2 atom stereocenters. The topological polar surface area (TPSA) is 44.8 Å². The van der Waals surface area contributed by atoms with Crippen LogP contribution in [0, 0.1) is 0 Å². The van der Waals surface area contributed by atoms with Crippen molar-refractivity contribution in [3.63, 3.8) is 0 Å². The van der Waals surface area contributed by atoms with E-state index in [1.807, 2.05) is 58.0 Å². The van der Waals surface area contributed by atoms with E-state index >= 15 is 0 Å². The van der Waals surface area contributed by atoms with Crippen LogP contribution in [-0.2, 0) is 9.53 Å². The summed E-state index contributed by atoms with van der Waals surface area (Å²) >= 11 is 2.13. The number of hydrogen-bond donors (Lipinski definition) is 0. The molecule has 2 aromatic carbocycles. The third-order valence-corrected chi connectivity index (χ3v) is 4.99. The molecule has 0 amide bonds. The largest absolute Gasteiger partial charge is 0.465 e. The molecule has 0 bridgehead atoms. The Kier molecular flexibility index (Phi) is 6.46.